The SMILES string of the molecule is O=C(Nc1ccc(Cl)cc1)C1CC(=O)N(c2ccc(Br)cc2)C1. The highest BCUT2D eigenvalue weighted by atomic mass is 79.9. The molecule has 0 aromatic heterocycles. The molecule has 2 amide bonds. The Morgan fingerprint density at radius 1 is 1.13 bits per heavy atom. The Labute approximate surface area is 147 Å². The quantitative estimate of drug-likeness (QED) is 0.854. The highest BCUT2D eigenvalue weighted by Gasteiger charge is 2.35. The van der Waals surface area contributed by atoms with E-state index in [9.17, 15) is 9.59 Å². The summed E-state index contributed by atoms with van der Waals surface area (Å²) in [6.07, 6.45) is 0.218. The van der Waals surface area contributed by atoms with Crippen molar-refractivity contribution in [1.82, 2.24) is 0 Å². The van der Waals surface area contributed by atoms with Crippen LogP contribution in [-0.2, 0) is 9.59 Å². The molecule has 23 heavy (non-hydrogen) atoms. The summed E-state index contributed by atoms with van der Waals surface area (Å²) in [7, 11) is 0. The van der Waals surface area contributed by atoms with E-state index in [1.165, 1.54) is 0 Å². The zero-order valence-corrected chi connectivity index (χ0v) is 14.5. The third-order valence-corrected chi connectivity index (χ3v) is 4.53. The predicted octanol–water partition coefficient (Wildman–Crippen LogP) is 4.09. The lowest BCUT2D eigenvalue weighted by Gasteiger charge is -2.16. The Bertz CT molecular complexity index is 731. The van der Waals surface area contributed by atoms with Gasteiger partial charge in [-0.1, -0.05) is 27.5 Å². The molecule has 6 heteroatoms. The van der Waals surface area contributed by atoms with Crippen molar-refractivity contribution in [3.05, 3.63) is 58.0 Å². The average molecular weight is 394 g/mol. The lowest BCUT2D eigenvalue weighted by molar-refractivity contribution is -0.122. The van der Waals surface area contributed by atoms with Crippen LogP contribution in [0.3, 0.4) is 0 Å². The highest BCUT2D eigenvalue weighted by Crippen LogP contribution is 2.27. The van der Waals surface area contributed by atoms with Gasteiger partial charge in [0.2, 0.25) is 11.8 Å². The second-order valence-electron chi connectivity index (χ2n) is 5.38. The van der Waals surface area contributed by atoms with Crippen LogP contribution in [-0.4, -0.2) is 18.4 Å². The first-order valence-electron chi connectivity index (χ1n) is 7.15. The topological polar surface area (TPSA) is 49.4 Å². The maximum absolute atomic E-state index is 12.3. The highest BCUT2D eigenvalue weighted by molar-refractivity contribution is 9.10. The number of carbonyl (C=O) groups excluding carboxylic acids is 2. The zero-order chi connectivity index (χ0) is 16.4. The molecule has 1 aliphatic heterocycles. The molecule has 1 aliphatic rings. The molecule has 3 rings (SSSR count). The van der Waals surface area contributed by atoms with Crippen LogP contribution >= 0.6 is 27.5 Å². The molecular weight excluding hydrogens is 380 g/mol. The number of nitrogens with zero attached hydrogens (tertiary/aromatic N) is 1. The molecule has 2 aromatic carbocycles. The number of halogens is 2. The van der Waals surface area contributed by atoms with Gasteiger partial charge in [0.05, 0.1) is 5.92 Å². The molecule has 1 heterocycles. The molecule has 0 saturated carbocycles. The Hall–Kier alpha value is -1.85. The molecule has 0 bridgehead atoms. The van der Waals surface area contributed by atoms with Gasteiger partial charge in [0.1, 0.15) is 0 Å². The molecule has 1 fully saturated rings. The normalized spacial score (nSPS) is 17.4. The number of rotatable bonds is 3. The maximum atomic E-state index is 12.3. The smallest absolute Gasteiger partial charge is 0.229 e. The van der Waals surface area contributed by atoms with E-state index in [2.05, 4.69) is 21.2 Å². The standard InChI is InChI=1S/C17H14BrClN2O2/c18-12-1-7-15(8-2-12)21-10-11(9-16(21)22)17(23)20-14-5-3-13(19)4-6-14/h1-8,11H,9-10H2,(H,20,23). The van der Waals surface area contributed by atoms with Crippen molar-refractivity contribution in [2.75, 3.05) is 16.8 Å². The molecule has 0 aliphatic carbocycles. The summed E-state index contributed by atoms with van der Waals surface area (Å²) in [6.45, 7) is 0.389. The van der Waals surface area contributed by atoms with Crippen LogP contribution in [0.4, 0.5) is 11.4 Å². The van der Waals surface area contributed by atoms with E-state index >= 15 is 0 Å². The molecule has 0 spiro atoms. The van der Waals surface area contributed by atoms with Crippen molar-refractivity contribution in [3.8, 4) is 0 Å². The largest absolute Gasteiger partial charge is 0.326 e. The lowest BCUT2D eigenvalue weighted by atomic mass is 10.1. The van der Waals surface area contributed by atoms with E-state index in [-0.39, 0.29) is 24.2 Å². The van der Waals surface area contributed by atoms with Crippen LogP contribution in [0.5, 0.6) is 0 Å². The summed E-state index contributed by atoms with van der Waals surface area (Å²) < 4.78 is 0.949. The number of nitrogens with one attached hydrogen (secondary N) is 1. The number of carbonyl (C=O) groups is 2. The van der Waals surface area contributed by atoms with Gasteiger partial charge in [-0.2, -0.15) is 0 Å². The Morgan fingerprint density at radius 2 is 1.78 bits per heavy atom. The Kier molecular flexibility index (Phi) is 4.68. The predicted molar refractivity (Wildman–Crippen MR) is 94.7 cm³/mol. The monoisotopic (exact) mass is 392 g/mol. The summed E-state index contributed by atoms with van der Waals surface area (Å²) >= 11 is 9.19. The first kappa shape index (κ1) is 16.0. The molecule has 0 radical (unpaired) electrons. The minimum absolute atomic E-state index is 0.0384. The zero-order valence-electron chi connectivity index (χ0n) is 12.1. The van der Waals surface area contributed by atoms with Gasteiger partial charge in [0, 0.05) is 33.8 Å². The van der Waals surface area contributed by atoms with Crippen molar-refractivity contribution in [2.45, 2.75) is 6.42 Å². The van der Waals surface area contributed by atoms with Crippen LogP contribution in [0.1, 0.15) is 6.42 Å². The van der Waals surface area contributed by atoms with Crippen molar-refractivity contribution in [3.63, 3.8) is 0 Å². The molecule has 1 unspecified atom stereocenters. The maximum Gasteiger partial charge on any atom is 0.229 e. The summed E-state index contributed by atoms with van der Waals surface area (Å²) in [5, 5.41) is 3.44. The number of hydrogen-bond donors (Lipinski definition) is 1. The van der Waals surface area contributed by atoms with Crippen LogP contribution in [0.2, 0.25) is 5.02 Å². The third kappa shape index (κ3) is 3.74. The summed E-state index contributed by atoms with van der Waals surface area (Å²) in [5.74, 6) is -0.550. The molecular formula is C17H14BrClN2O2. The molecule has 1 atom stereocenters. The van der Waals surface area contributed by atoms with Crippen molar-refractivity contribution < 1.29 is 9.59 Å². The van der Waals surface area contributed by atoms with Gasteiger partial charge in [-0.05, 0) is 48.5 Å². The van der Waals surface area contributed by atoms with Gasteiger partial charge in [-0.3, -0.25) is 9.59 Å². The minimum atomic E-state index is -0.359. The number of hydrogen-bond acceptors (Lipinski definition) is 2. The second kappa shape index (κ2) is 6.72. The lowest BCUT2D eigenvalue weighted by Crippen LogP contribution is -2.28. The molecule has 1 N–H and O–H groups in total. The van der Waals surface area contributed by atoms with Gasteiger partial charge < -0.3 is 10.2 Å². The summed E-state index contributed by atoms with van der Waals surface area (Å²) in [6, 6.07) is 14.4. The van der Waals surface area contributed by atoms with Crippen molar-refractivity contribution in [1.29, 1.82) is 0 Å². The van der Waals surface area contributed by atoms with Crippen LogP contribution in [0.25, 0.3) is 0 Å². The Morgan fingerprint density at radius 3 is 2.43 bits per heavy atom. The van der Waals surface area contributed by atoms with E-state index in [1.807, 2.05) is 24.3 Å². The number of benzene rings is 2. The van der Waals surface area contributed by atoms with Gasteiger partial charge in [0.25, 0.3) is 0 Å². The second-order valence-corrected chi connectivity index (χ2v) is 6.73. The molecule has 1 saturated heterocycles. The third-order valence-electron chi connectivity index (χ3n) is 3.75. The summed E-state index contributed by atoms with van der Waals surface area (Å²) in [4.78, 5) is 26.2. The fourth-order valence-electron chi connectivity index (χ4n) is 2.53. The van der Waals surface area contributed by atoms with E-state index in [0.717, 1.165) is 10.2 Å². The Balaban J connectivity index is 1.68. The average Bonchev–Trinajstić information content (AvgIpc) is 2.92. The van der Waals surface area contributed by atoms with Gasteiger partial charge >= 0.3 is 0 Å². The van der Waals surface area contributed by atoms with E-state index in [0.29, 0.717) is 17.3 Å². The van der Waals surface area contributed by atoms with Crippen LogP contribution in [0, 0.1) is 5.92 Å². The minimum Gasteiger partial charge on any atom is -0.326 e. The fourth-order valence-corrected chi connectivity index (χ4v) is 2.92. The first-order valence-corrected chi connectivity index (χ1v) is 8.32. The van der Waals surface area contributed by atoms with Crippen LogP contribution < -0.4 is 10.2 Å². The number of anilines is 2. The van der Waals surface area contributed by atoms with E-state index < -0.39 is 0 Å². The van der Waals surface area contributed by atoms with E-state index in [1.54, 1.807) is 29.2 Å². The number of amides is 2. The summed E-state index contributed by atoms with van der Waals surface area (Å²) in [5.41, 5.74) is 1.48. The fraction of sp³-hybridized carbons (Fsp3) is 0.176. The van der Waals surface area contributed by atoms with Gasteiger partial charge in [-0.15, -0.1) is 0 Å². The van der Waals surface area contributed by atoms with Crippen molar-refractivity contribution >= 4 is 50.7 Å². The first-order chi connectivity index (χ1) is 11.0. The van der Waals surface area contributed by atoms with Crippen LogP contribution in [0.15, 0.2) is 53.0 Å². The van der Waals surface area contributed by atoms with E-state index in [4.69, 9.17) is 11.6 Å². The molecule has 118 valence electrons. The van der Waals surface area contributed by atoms with Gasteiger partial charge in [0.15, 0.2) is 0 Å². The molecule has 2 aromatic rings. The van der Waals surface area contributed by atoms with Gasteiger partial charge in [-0.25, -0.2) is 0 Å². The molecule has 4 nitrogen and oxygen atoms in total. The van der Waals surface area contributed by atoms with Crippen molar-refractivity contribution in [2.24, 2.45) is 5.92 Å².